The molecule has 0 unspecified atom stereocenters. The number of ether oxygens (including phenoxy) is 2. The zero-order valence-electron chi connectivity index (χ0n) is 11.6. The van der Waals surface area contributed by atoms with Crippen molar-refractivity contribution >= 4 is 18.0 Å². The molecule has 0 aromatic heterocycles. The van der Waals surface area contributed by atoms with E-state index < -0.39 is 11.9 Å². The van der Waals surface area contributed by atoms with Gasteiger partial charge in [-0.3, -0.25) is 0 Å². The smallest absolute Gasteiger partial charge is 0.341 e. The number of phenols is 1. The Balaban J connectivity index is 3.13. The minimum Gasteiger partial charge on any atom is -0.506 e. The van der Waals surface area contributed by atoms with E-state index in [9.17, 15) is 14.7 Å². The van der Waals surface area contributed by atoms with Gasteiger partial charge in [-0.1, -0.05) is 26.0 Å². The zero-order chi connectivity index (χ0) is 15.1. The summed E-state index contributed by atoms with van der Waals surface area (Å²) in [7, 11) is 1.24. The molecule has 108 valence electrons. The van der Waals surface area contributed by atoms with Crippen molar-refractivity contribution in [3.63, 3.8) is 0 Å². The highest BCUT2D eigenvalue weighted by molar-refractivity contribution is 5.99. The minimum absolute atomic E-state index is 0.0705. The van der Waals surface area contributed by atoms with Gasteiger partial charge >= 0.3 is 11.9 Å². The average molecular weight is 278 g/mol. The lowest BCUT2D eigenvalue weighted by molar-refractivity contribution is 0.0496. The SMILES string of the molecule is C=Cc1cc(C(=O)OC)cc(C(=O)OCCCC)c1O. The highest BCUT2D eigenvalue weighted by Crippen LogP contribution is 2.27. The summed E-state index contributed by atoms with van der Waals surface area (Å²) in [6.07, 6.45) is 2.97. The molecule has 20 heavy (non-hydrogen) atoms. The number of carbonyl (C=O) groups excluding carboxylic acids is 2. The number of phenolic OH excluding ortho intramolecular Hbond substituents is 1. The van der Waals surface area contributed by atoms with E-state index in [1.165, 1.54) is 25.3 Å². The molecule has 1 N–H and O–H groups in total. The molecule has 5 nitrogen and oxygen atoms in total. The van der Waals surface area contributed by atoms with Gasteiger partial charge in [-0.05, 0) is 18.6 Å². The van der Waals surface area contributed by atoms with Gasteiger partial charge < -0.3 is 14.6 Å². The van der Waals surface area contributed by atoms with Crippen LogP contribution in [0.5, 0.6) is 5.75 Å². The van der Waals surface area contributed by atoms with Crippen LogP contribution in [0.3, 0.4) is 0 Å². The van der Waals surface area contributed by atoms with Gasteiger partial charge in [-0.25, -0.2) is 9.59 Å². The summed E-state index contributed by atoms with van der Waals surface area (Å²) in [4.78, 5) is 23.4. The van der Waals surface area contributed by atoms with Gasteiger partial charge in [0.15, 0.2) is 0 Å². The molecule has 1 rings (SSSR count). The Labute approximate surface area is 117 Å². The second-order valence-corrected chi connectivity index (χ2v) is 4.15. The quantitative estimate of drug-likeness (QED) is 0.640. The number of rotatable bonds is 6. The lowest BCUT2D eigenvalue weighted by Gasteiger charge is -2.10. The highest BCUT2D eigenvalue weighted by atomic mass is 16.5. The third-order valence-electron chi connectivity index (χ3n) is 2.73. The fourth-order valence-corrected chi connectivity index (χ4v) is 1.59. The Kier molecular flexibility index (Phi) is 5.77. The van der Waals surface area contributed by atoms with Crippen LogP contribution in [-0.2, 0) is 9.47 Å². The van der Waals surface area contributed by atoms with Gasteiger partial charge in [0.05, 0.1) is 19.3 Å². The van der Waals surface area contributed by atoms with E-state index in [2.05, 4.69) is 11.3 Å². The van der Waals surface area contributed by atoms with Gasteiger partial charge in [0.1, 0.15) is 11.3 Å². The second kappa shape index (κ2) is 7.33. The first-order valence-electron chi connectivity index (χ1n) is 6.30. The molecule has 0 radical (unpaired) electrons. The van der Waals surface area contributed by atoms with E-state index >= 15 is 0 Å². The molecule has 0 saturated heterocycles. The van der Waals surface area contributed by atoms with Gasteiger partial charge in [0, 0.05) is 5.56 Å². The van der Waals surface area contributed by atoms with Crippen LogP contribution in [0.4, 0.5) is 0 Å². The van der Waals surface area contributed by atoms with Crippen LogP contribution in [-0.4, -0.2) is 30.8 Å². The van der Waals surface area contributed by atoms with Crippen LogP contribution in [0.15, 0.2) is 18.7 Å². The fraction of sp³-hybridized carbons (Fsp3) is 0.333. The van der Waals surface area contributed by atoms with Crippen LogP contribution in [0.1, 0.15) is 46.0 Å². The molecule has 1 aromatic carbocycles. The monoisotopic (exact) mass is 278 g/mol. The van der Waals surface area contributed by atoms with Crippen LogP contribution in [0.25, 0.3) is 6.08 Å². The van der Waals surface area contributed by atoms with Gasteiger partial charge in [0.2, 0.25) is 0 Å². The molecule has 0 fully saturated rings. The summed E-state index contributed by atoms with van der Waals surface area (Å²) in [6.45, 7) is 5.77. The van der Waals surface area contributed by atoms with Crippen molar-refractivity contribution in [2.45, 2.75) is 19.8 Å². The second-order valence-electron chi connectivity index (χ2n) is 4.15. The van der Waals surface area contributed by atoms with Crippen LogP contribution in [0, 0.1) is 0 Å². The van der Waals surface area contributed by atoms with E-state index in [1.807, 2.05) is 6.92 Å². The number of benzene rings is 1. The standard InChI is InChI=1S/C15H18O5/c1-4-6-7-20-15(18)12-9-11(14(17)19-3)8-10(5-2)13(12)16/h5,8-9,16H,2,4,6-7H2,1,3H3. The maximum Gasteiger partial charge on any atom is 0.341 e. The lowest BCUT2D eigenvalue weighted by atomic mass is 10.0. The van der Waals surface area contributed by atoms with Crippen molar-refractivity contribution in [2.24, 2.45) is 0 Å². The summed E-state index contributed by atoms with van der Waals surface area (Å²) in [6, 6.07) is 2.65. The normalized spacial score (nSPS) is 9.90. The predicted octanol–water partition coefficient (Wildman–Crippen LogP) is 2.78. The summed E-state index contributed by atoms with van der Waals surface area (Å²) >= 11 is 0. The first kappa shape index (κ1) is 15.8. The van der Waals surface area contributed by atoms with Crippen molar-refractivity contribution in [2.75, 3.05) is 13.7 Å². The predicted molar refractivity (Wildman–Crippen MR) is 74.7 cm³/mol. The molecule has 0 saturated carbocycles. The van der Waals surface area contributed by atoms with Crippen molar-refractivity contribution in [3.8, 4) is 5.75 Å². The van der Waals surface area contributed by atoms with Crippen LogP contribution >= 0.6 is 0 Å². The molecule has 1 aromatic rings. The topological polar surface area (TPSA) is 72.8 Å². The van der Waals surface area contributed by atoms with Crippen LogP contribution in [0.2, 0.25) is 0 Å². The molecule has 0 atom stereocenters. The number of hydrogen-bond acceptors (Lipinski definition) is 5. The number of methoxy groups -OCH3 is 1. The minimum atomic E-state index is -0.676. The van der Waals surface area contributed by atoms with Crippen molar-refractivity contribution in [3.05, 3.63) is 35.4 Å². The molecule has 0 aliphatic carbocycles. The number of unbranched alkanes of at least 4 members (excludes halogenated alkanes) is 1. The van der Waals surface area contributed by atoms with Crippen molar-refractivity contribution in [1.82, 2.24) is 0 Å². The van der Waals surface area contributed by atoms with Crippen molar-refractivity contribution < 1.29 is 24.2 Å². The molecule has 0 bridgehead atoms. The number of aromatic hydroxyl groups is 1. The molecule has 0 heterocycles. The Morgan fingerprint density at radius 3 is 2.60 bits per heavy atom. The first-order chi connectivity index (χ1) is 9.54. The Hall–Kier alpha value is -2.30. The maximum atomic E-state index is 11.9. The van der Waals surface area contributed by atoms with E-state index in [-0.39, 0.29) is 29.0 Å². The number of hydrogen-bond donors (Lipinski definition) is 1. The van der Waals surface area contributed by atoms with Gasteiger partial charge in [0.25, 0.3) is 0 Å². The van der Waals surface area contributed by atoms with Crippen molar-refractivity contribution in [1.29, 1.82) is 0 Å². The van der Waals surface area contributed by atoms with E-state index in [0.717, 1.165) is 12.8 Å². The first-order valence-corrected chi connectivity index (χ1v) is 6.30. The third kappa shape index (κ3) is 3.60. The largest absolute Gasteiger partial charge is 0.506 e. The molecule has 5 heteroatoms. The molecule has 0 aliphatic heterocycles. The summed E-state index contributed by atoms with van der Waals surface area (Å²) < 4.78 is 9.63. The number of carbonyl (C=O) groups is 2. The van der Waals surface area contributed by atoms with Crippen LogP contribution < -0.4 is 0 Å². The Bertz CT molecular complexity index is 519. The van der Waals surface area contributed by atoms with E-state index in [1.54, 1.807) is 0 Å². The zero-order valence-corrected chi connectivity index (χ0v) is 11.6. The number of esters is 2. The van der Waals surface area contributed by atoms with E-state index in [4.69, 9.17) is 4.74 Å². The molecular formula is C15H18O5. The lowest BCUT2D eigenvalue weighted by Crippen LogP contribution is -2.10. The van der Waals surface area contributed by atoms with E-state index in [0.29, 0.717) is 0 Å². The fourth-order valence-electron chi connectivity index (χ4n) is 1.59. The average Bonchev–Trinajstić information content (AvgIpc) is 2.46. The van der Waals surface area contributed by atoms with Gasteiger partial charge in [-0.15, -0.1) is 0 Å². The molecule has 0 amide bonds. The molecule has 0 aliphatic rings. The Morgan fingerprint density at radius 2 is 2.05 bits per heavy atom. The summed E-state index contributed by atoms with van der Waals surface area (Å²) in [5.74, 6) is -1.53. The maximum absolute atomic E-state index is 11.9. The summed E-state index contributed by atoms with van der Waals surface area (Å²) in [5, 5.41) is 9.97. The summed E-state index contributed by atoms with van der Waals surface area (Å²) in [5.41, 5.74) is 0.358. The third-order valence-corrected chi connectivity index (χ3v) is 2.73. The highest BCUT2D eigenvalue weighted by Gasteiger charge is 2.19. The van der Waals surface area contributed by atoms with Gasteiger partial charge in [-0.2, -0.15) is 0 Å². The molecular weight excluding hydrogens is 260 g/mol. The molecule has 0 spiro atoms. The Morgan fingerprint density at radius 1 is 1.35 bits per heavy atom.